The molecule has 0 amide bonds. The number of nitrogens with zero attached hydrogens (tertiary/aromatic N) is 2. The van der Waals surface area contributed by atoms with E-state index in [0.29, 0.717) is 6.04 Å². The van der Waals surface area contributed by atoms with Gasteiger partial charge in [-0.15, -0.1) is 0 Å². The molecule has 0 radical (unpaired) electrons. The molecule has 0 aromatic carbocycles. The van der Waals surface area contributed by atoms with Crippen LogP contribution in [0.25, 0.3) is 0 Å². The van der Waals surface area contributed by atoms with Crippen LogP contribution in [0.15, 0.2) is 12.4 Å². The number of ether oxygens (including phenoxy) is 1. The molecule has 1 unspecified atom stereocenters. The van der Waals surface area contributed by atoms with Gasteiger partial charge in [-0.25, -0.2) is 4.98 Å². The quantitative estimate of drug-likeness (QED) is 0.690. The van der Waals surface area contributed by atoms with Crippen LogP contribution in [0.3, 0.4) is 0 Å². The van der Waals surface area contributed by atoms with Gasteiger partial charge in [0.15, 0.2) is 0 Å². The van der Waals surface area contributed by atoms with E-state index in [4.69, 9.17) is 4.74 Å². The predicted molar refractivity (Wildman–Crippen MR) is 74.8 cm³/mol. The zero-order valence-corrected chi connectivity index (χ0v) is 11.8. The Morgan fingerprint density at radius 3 is 3.06 bits per heavy atom. The Morgan fingerprint density at radius 1 is 1.59 bits per heavy atom. The smallest absolute Gasteiger partial charge is 0.203 e. The van der Waals surface area contributed by atoms with Crippen LogP contribution in [0, 0.1) is 0 Å². The van der Waals surface area contributed by atoms with E-state index in [9.17, 15) is 0 Å². The molecule has 1 aromatic rings. The fourth-order valence-electron chi connectivity index (χ4n) is 1.65. The van der Waals surface area contributed by atoms with Gasteiger partial charge in [0.2, 0.25) is 5.95 Å². The van der Waals surface area contributed by atoms with Crippen LogP contribution >= 0.6 is 11.8 Å². The third kappa shape index (κ3) is 5.00. The van der Waals surface area contributed by atoms with E-state index in [1.165, 1.54) is 0 Å². The van der Waals surface area contributed by atoms with E-state index in [2.05, 4.69) is 28.0 Å². The molecule has 5 heteroatoms. The molecule has 1 rings (SSSR count). The van der Waals surface area contributed by atoms with Gasteiger partial charge in [0.1, 0.15) is 0 Å². The lowest BCUT2D eigenvalue weighted by molar-refractivity contribution is 0.190. The van der Waals surface area contributed by atoms with E-state index in [1.807, 2.05) is 24.2 Å². The summed E-state index contributed by atoms with van der Waals surface area (Å²) in [6.07, 6.45) is 8.13. The van der Waals surface area contributed by atoms with Crippen molar-refractivity contribution in [2.45, 2.75) is 32.4 Å². The molecule has 1 heterocycles. The number of imidazole rings is 1. The lowest BCUT2D eigenvalue weighted by Crippen LogP contribution is -2.23. The first kappa shape index (κ1) is 14.4. The lowest BCUT2D eigenvalue weighted by Gasteiger charge is -2.17. The highest BCUT2D eigenvalue weighted by atomic mass is 32.2. The summed E-state index contributed by atoms with van der Waals surface area (Å²) in [5.74, 6) is 2.09. The summed E-state index contributed by atoms with van der Waals surface area (Å²) < 4.78 is 7.22. The van der Waals surface area contributed by atoms with Crippen molar-refractivity contribution in [2.24, 2.45) is 0 Å². The van der Waals surface area contributed by atoms with E-state index < -0.39 is 0 Å². The Labute approximate surface area is 108 Å². The average molecular weight is 257 g/mol. The minimum absolute atomic E-state index is 0.494. The topological polar surface area (TPSA) is 39.1 Å². The molecule has 4 nitrogen and oxygen atoms in total. The number of hydrogen-bond acceptors (Lipinski definition) is 4. The van der Waals surface area contributed by atoms with Crippen LogP contribution in [0.5, 0.6) is 0 Å². The van der Waals surface area contributed by atoms with E-state index >= 15 is 0 Å². The second-order valence-electron chi connectivity index (χ2n) is 4.00. The van der Waals surface area contributed by atoms with Gasteiger partial charge < -0.3 is 14.6 Å². The summed E-state index contributed by atoms with van der Waals surface area (Å²) >= 11 is 1.86. The predicted octanol–water partition coefficient (Wildman–Crippen LogP) is 2.47. The number of aromatic nitrogens is 2. The highest BCUT2D eigenvalue weighted by molar-refractivity contribution is 7.98. The largest absolute Gasteiger partial charge is 0.385 e. The van der Waals surface area contributed by atoms with Gasteiger partial charge in [-0.05, 0) is 19.1 Å². The van der Waals surface area contributed by atoms with Gasteiger partial charge >= 0.3 is 0 Å². The highest BCUT2D eigenvalue weighted by Crippen LogP contribution is 2.11. The molecule has 0 bridgehead atoms. The Bertz CT molecular complexity index is 304. The monoisotopic (exact) mass is 257 g/mol. The zero-order chi connectivity index (χ0) is 12.5. The molecule has 0 aliphatic rings. The first-order chi connectivity index (χ1) is 8.31. The van der Waals surface area contributed by atoms with Crippen molar-refractivity contribution in [3.8, 4) is 0 Å². The molecule has 1 N–H and O–H groups in total. The lowest BCUT2D eigenvalue weighted by atomic mass is 10.3. The molecular weight excluding hydrogens is 234 g/mol. The number of aryl methyl sites for hydroxylation is 1. The van der Waals surface area contributed by atoms with Crippen LogP contribution in [0.1, 0.15) is 19.8 Å². The third-order valence-electron chi connectivity index (χ3n) is 2.66. The van der Waals surface area contributed by atoms with Gasteiger partial charge in [0, 0.05) is 44.4 Å². The van der Waals surface area contributed by atoms with Crippen LogP contribution in [0.4, 0.5) is 5.95 Å². The number of anilines is 1. The number of nitrogens with one attached hydrogen (secondary N) is 1. The number of thioether (sulfide) groups is 1. The summed E-state index contributed by atoms with van der Waals surface area (Å²) in [6, 6.07) is 0.494. The van der Waals surface area contributed by atoms with Crippen molar-refractivity contribution < 1.29 is 4.74 Å². The van der Waals surface area contributed by atoms with Crippen molar-refractivity contribution in [3.63, 3.8) is 0 Å². The van der Waals surface area contributed by atoms with Crippen LogP contribution in [-0.2, 0) is 11.3 Å². The Balaban J connectivity index is 2.49. The Morgan fingerprint density at radius 2 is 2.41 bits per heavy atom. The van der Waals surface area contributed by atoms with Crippen molar-refractivity contribution in [2.75, 3.05) is 31.0 Å². The van der Waals surface area contributed by atoms with Crippen molar-refractivity contribution in [1.29, 1.82) is 0 Å². The molecule has 0 fully saturated rings. The van der Waals surface area contributed by atoms with Gasteiger partial charge in [0.05, 0.1) is 0 Å². The van der Waals surface area contributed by atoms with Gasteiger partial charge in [-0.2, -0.15) is 11.8 Å². The summed E-state index contributed by atoms with van der Waals surface area (Å²) in [7, 11) is 1.73. The summed E-state index contributed by atoms with van der Waals surface area (Å²) in [5, 5.41) is 3.50. The molecule has 0 spiro atoms. The van der Waals surface area contributed by atoms with Crippen LogP contribution in [0.2, 0.25) is 0 Å². The Kier molecular flexibility index (Phi) is 7.12. The molecule has 1 atom stereocenters. The minimum Gasteiger partial charge on any atom is -0.385 e. The minimum atomic E-state index is 0.494. The first-order valence-corrected chi connectivity index (χ1v) is 7.46. The molecule has 0 aliphatic heterocycles. The van der Waals surface area contributed by atoms with Gasteiger partial charge in [-0.3, -0.25) is 0 Å². The number of methoxy groups -OCH3 is 1. The summed E-state index contributed by atoms with van der Waals surface area (Å²) in [5.41, 5.74) is 0. The normalized spacial score (nSPS) is 12.6. The molecular formula is C12H23N3OS. The third-order valence-corrected chi connectivity index (χ3v) is 3.39. The first-order valence-electron chi connectivity index (χ1n) is 6.07. The van der Waals surface area contributed by atoms with Crippen LogP contribution < -0.4 is 5.32 Å². The number of hydrogen-bond donors (Lipinski definition) is 1. The van der Waals surface area contributed by atoms with E-state index in [1.54, 1.807) is 7.11 Å². The zero-order valence-electron chi connectivity index (χ0n) is 11.0. The average Bonchev–Trinajstić information content (AvgIpc) is 2.76. The maximum Gasteiger partial charge on any atom is 0.203 e. The Hall–Kier alpha value is -0.680. The van der Waals surface area contributed by atoms with E-state index in [0.717, 1.165) is 37.7 Å². The number of rotatable bonds is 9. The molecule has 0 saturated heterocycles. The fourth-order valence-corrected chi connectivity index (χ4v) is 2.38. The molecule has 0 saturated carbocycles. The van der Waals surface area contributed by atoms with Gasteiger partial charge in [-0.1, -0.05) is 6.92 Å². The van der Waals surface area contributed by atoms with Crippen molar-refractivity contribution in [1.82, 2.24) is 9.55 Å². The maximum atomic E-state index is 5.06. The summed E-state index contributed by atoms with van der Waals surface area (Å²) in [4.78, 5) is 4.37. The van der Waals surface area contributed by atoms with E-state index in [-0.39, 0.29) is 0 Å². The fraction of sp³-hybridized carbons (Fsp3) is 0.750. The second-order valence-corrected chi connectivity index (χ2v) is 4.91. The van der Waals surface area contributed by atoms with Crippen molar-refractivity contribution in [3.05, 3.63) is 12.4 Å². The van der Waals surface area contributed by atoms with Gasteiger partial charge in [0.25, 0.3) is 0 Å². The summed E-state index contributed by atoms with van der Waals surface area (Å²) in [6.45, 7) is 3.94. The molecule has 1 aromatic heterocycles. The van der Waals surface area contributed by atoms with Crippen LogP contribution in [-0.4, -0.2) is 41.3 Å². The standard InChI is InChI=1S/C12H23N3OS/c1-4-11(10-17-3)14-12-13-6-8-15(12)7-5-9-16-2/h6,8,11H,4-5,7,9-10H2,1-3H3,(H,13,14). The SMILES string of the molecule is CCC(CSC)Nc1nccn1CCCOC. The highest BCUT2D eigenvalue weighted by Gasteiger charge is 2.09. The molecule has 0 aliphatic carbocycles. The second kappa shape index (κ2) is 8.42. The van der Waals surface area contributed by atoms with Crippen molar-refractivity contribution >= 4 is 17.7 Å². The maximum absolute atomic E-state index is 5.06. The molecule has 98 valence electrons. The molecule has 17 heavy (non-hydrogen) atoms.